The van der Waals surface area contributed by atoms with E-state index in [0.717, 1.165) is 0 Å². The van der Waals surface area contributed by atoms with Gasteiger partial charge in [0.2, 0.25) is 0 Å². The highest BCUT2D eigenvalue weighted by atomic mass is 32.2. The van der Waals surface area contributed by atoms with Crippen LogP contribution in [0.1, 0.15) is 26.5 Å². The quantitative estimate of drug-likeness (QED) is 0.805. The Morgan fingerprint density at radius 3 is 2.19 bits per heavy atom. The normalized spacial score (nSPS) is 13.4. The van der Waals surface area contributed by atoms with Crippen LogP contribution < -0.4 is 0 Å². The van der Waals surface area contributed by atoms with E-state index in [2.05, 4.69) is 5.10 Å². The molecule has 4 nitrogen and oxygen atoms in total. The van der Waals surface area contributed by atoms with Crippen LogP contribution in [0.15, 0.2) is 11.1 Å². The number of rotatable bonds is 2. The average molecular weight is 252 g/mol. The van der Waals surface area contributed by atoms with Gasteiger partial charge in [-0.25, -0.2) is 8.42 Å². The summed E-state index contributed by atoms with van der Waals surface area (Å²) >= 11 is 0. The van der Waals surface area contributed by atoms with E-state index in [1.54, 1.807) is 0 Å². The van der Waals surface area contributed by atoms with Crippen LogP contribution in [0, 0.1) is 0 Å². The zero-order valence-corrected chi connectivity index (χ0v) is 10.3. The largest absolute Gasteiger partial charge is 0.342 e. The van der Waals surface area contributed by atoms with Crippen molar-refractivity contribution in [1.29, 1.82) is 0 Å². The van der Waals surface area contributed by atoms with Crippen molar-refractivity contribution in [2.75, 3.05) is 0 Å². The molecular formula is C9H14F2N2O2S. The molecule has 0 unspecified atom stereocenters. The van der Waals surface area contributed by atoms with E-state index in [9.17, 15) is 17.2 Å². The van der Waals surface area contributed by atoms with E-state index >= 15 is 0 Å². The molecule has 7 heteroatoms. The van der Waals surface area contributed by atoms with Crippen LogP contribution in [-0.4, -0.2) is 24.0 Å². The molecule has 0 fully saturated rings. The van der Waals surface area contributed by atoms with Gasteiger partial charge in [0.05, 0.1) is 0 Å². The van der Waals surface area contributed by atoms with Crippen LogP contribution in [0.25, 0.3) is 0 Å². The van der Waals surface area contributed by atoms with Crippen LogP contribution in [-0.2, 0) is 22.3 Å². The Morgan fingerprint density at radius 2 is 1.88 bits per heavy atom. The van der Waals surface area contributed by atoms with Gasteiger partial charge < -0.3 is 0 Å². The molecule has 92 valence electrons. The first kappa shape index (κ1) is 13.1. The van der Waals surface area contributed by atoms with E-state index in [1.165, 1.54) is 17.8 Å². The molecule has 0 amide bonds. The predicted molar refractivity (Wildman–Crippen MR) is 55.1 cm³/mol. The van der Waals surface area contributed by atoms with Gasteiger partial charge >= 0.3 is 5.76 Å². The summed E-state index contributed by atoms with van der Waals surface area (Å²) in [5.41, 5.74) is 0.240. The smallest absolute Gasteiger partial charge is 0.271 e. The molecule has 0 aliphatic rings. The molecule has 1 heterocycles. The Morgan fingerprint density at radius 1 is 1.38 bits per heavy atom. The van der Waals surface area contributed by atoms with Gasteiger partial charge in [-0.3, -0.25) is 4.68 Å². The Labute approximate surface area is 93.2 Å². The minimum Gasteiger partial charge on any atom is -0.271 e. The van der Waals surface area contributed by atoms with Gasteiger partial charge in [-0.1, -0.05) is 20.8 Å². The predicted octanol–water partition coefficient (Wildman–Crippen LogP) is 1.71. The monoisotopic (exact) mass is 252 g/mol. The molecule has 0 bridgehead atoms. The second kappa shape index (κ2) is 3.80. The summed E-state index contributed by atoms with van der Waals surface area (Å²) in [6.07, 6.45) is 0. The molecule has 1 rings (SSSR count). The standard InChI is InChI=1S/C9H14F2N2O2S/c1-9(2,3)6-5-7(12-13(6)4)16(14,15)8(10)11/h5,8H,1-4H3. The molecule has 0 radical (unpaired) electrons. The van der Waals surface area contributed by atoms with Gasteiger partial charge in [-0.15, -0.1) is 0 Å². The van der Waals surface area contributed by atoms with Gasteiger partial charge in [0.1, 0.15) is 0 Å². The molecule has 0 aromatic carbocycles. The Bertz CT molecular complexity index is 486. The maximum Gasteiger partial charge on any atom is 0.342 e. The molecule has 0 atom stereocenters. The van der Waals surface area contributed by atoms with Gasteiger partial charge in [0.15, 0.2) is 5.03 Å². The number of hydrogen-bond acceptors (Lipinski definition) is 3. The zero-order chi connectivity index (χ0) is 12.7. The molecule has 0 N–H and O–H groups in total. The van der Waals surface area contributed by atoms with Crippen molar-refractivity contribution in [2.45, 2.75) is 37.0 Å². The molecule has 0 saturated carbocycles. The third kappa shape index (κ3) is 2.23. The number of halogens is 2. The number of aromatic nitrogens is 2. The van der Waals surface area contributed by atoms with E-state index in [0.29, 0.717) is 5.69 Å². The van der Waals surface area contributed by atoms with Gasteiger partial charge in [-0.2, -0.15) is 13.9 Å². The maximum absolute atomic E-state index is 12.3. The van der Waals surface area contributed by atoms with E-state index in [1.807, 2.05) is 20.8 Å². The van der Waals surface area contributed by atoms with Crippen molar-refractivity contribution in [1.82, 2.24) is 9.78 Å². The SMILES string of the molecule is Cn1nc(S(=O)(=O)C(F)F)cc1C(C)(C)C. The lowest BCUT2D eigenvalue weighted by Gasteiger charge is -2.17. The first-order chi connectivity index (χ1) is 7.06. The molecule has 1 aromatic heterocycles. The van der Waals surface area contributed by atoms with Gasteiger partial charge in [0, 0.05) is 18.2 Å². The van der Waals surface area contributed by atoms with Crippen LogP contribution in [0.2, 0.25) is 0 Å². The maximum atomic E-state index is 12.3. The van der Waals surface area contributed by atoms with Crippen LogP contribution >= 0.6 is 0 Å². The summed E-state index contributed by atoms with van der Waals surface area (Å²) in [6.45, 7) is 5.55. The third-order valence-corrected chi connectivity index (χ3v) is 3.40. The highest BCUT2D eigenvalue weighted by molar-refractivity contribution is 7.91. The minimum absolute atomic E-state index is 0.350. The van der Waals surface area contributed by atoms with Crippen molar-refractivity contribution in [2.24, 2.45) is 7.05 Å². The highest BCUT2D eigenvalue weighted by Crippen LogP contribution is 2.25. The highest BCUT2D eigenvalue weighted by Gasteiger charge is 2.31. The molecular weight excluding hydrogens is 238 g/mol. The summed E-state index contributed by atoms with van der Waals surface area (Å²) in [5.74, 6) is -3.43. The molecule has 0 spiro atoms. The van der Waals surface area contributed by atoms with Crippen molar-refractivity contribution in [3.8, 4) is 0 Å². The number of alkyl halides is 2. The molecule has 0 saturated heterocycles. The van der Waals surface area contributed by atoms with Crippen molar-refractivity contribution < 1.29 is 17.2 Å². The Hall–Kier alpha value is -0.980. The fourth-order valence-electron chi connectivity index (χ4n) is 1.37. The van der Waals surface area contributed by atoms with E-state index in [4.69, 9.17) is 0 Å². The van der Waals surface area contributed by atoms with Crippen LogP contribution in [0.5, 0.6) is 0 Å². The Balaban J connectivity index is 3.33. The molecule has 0 aliphatic carbocycles. The van der Waals surface area contributed by atoms with Gasteiger partial charge in [-0.05, 0) is 6.07 Å². The second-order valence-corrected chi connectivity index (χ2v) is 6.41. The summed E-state index contributed by atoms with van der Waals surface area (Å²) in [6, 6.07) is 1.20. The topological polar surface area (TPSA) is 52.0 Å². The number of aryl methyl sites for hydroxylation is 1. The first-order valence-corrected chi connectivity index (χ1v) is 6.18. The van der Waals surface area contributed by atoms with Crippen molar-refractivity contribution in [3.63, 3.8) is 0 Å². The number of hydrogen-bond donors (Lipinski definition) is 0. The lowest BCUT2D eigenvalue weighted by molar-refractivity contribution is 0.234. The summed E-state index contributed by atoms with van der Waals surface area (Å²) in [7, 11) is -3.07. The molecule has 16 heavy (non-hydrogen) atoms. The van der Waals surface area contributed by atoms with E-state index in [-0.39, 0.29) is 5.41 Å². The second-order valence-electron chi connectivity index (χ2n) is 4.55. The summed E-state index contributed by atoms with van der Waals surface area (Å²) < 4.78 is 48.3. The lowest BCUT2D eigenvalue weighted by Crippen LogP contribution is -2.16. The van der Waals surface area contributed by atoms with Crippen LogP contribution in [0.3, 0.4) is 0 Å². The summed E-state index contributed by atoms with van der Waals surface area (Å²) in [4.78, 5) is 0. The average Bonchev–Trinajstić information content (AvgIpc) is 2.46. The third-order valence-electron chi connectivity index (χ3n) is 2.15. The minimum atomic E-state index is -4.60. The van der Waals surface area contributed by atoms with Crippen molar-refractivity contribution >= 4 is 9.84 Å². The fourth-order valence-corrected chi connectivity index (χ4v) is 2.07. The fraction of sp³-hybridized carbons (Fsp3) is 0.667. The number of nitrogens with zero attached hydrogens (tertiary/aromatic N) is 2. The van der Waals surface area contributed by atoms with Crippen molar-refractivity contribution in [3.05, 3.63) is 11.8 Å². The first-order valence-electron chi connectivity index (χ1n) is 4.63. The van der Waals surface area contributed by atoms with E-state index < -0.39 is 20.6 Å². The molecule has 1 aromatic rings. The zero-order valence-electron chi connectivity index (χ0n) is 9.53. The lowest BCUT2D eigenvalue weighted by atomic mass is 9.92. The van der Waals surface area contributed by atoms with Crippen LogP contribution in [0.4, 0.5) is 8.78 Å². The Kier molecular flexibility index (Phi) is 3.11. The number of sulfone groups is 1. The summed E-state index contributed by atoms with van der Waals surface area (Å²) in [5, 5.41) is 3.04. The molecule has 0 aliphatic heterocycles. The van der Waals surface area contributed by atoms with Gasteiger partial charge in [0.25, 0.3) is 9.84 Å².